The van der Waals surface area contributed by atoms with Crippen molar-refractivity contribution in [2.24, 2.45) is 23.5 Å². The smallest absolute Gasteiger partial charge is 0.242 e. The molecule has 0 bridgehead atoms. The van der Waals surface area contributed by atoms with Crippen LogP contribution in [0.25, 0.3) is 0 Å². The van der Waals surface area contributed by atoms with E-state index in [0.29, 0.717) is 22.2 Å². The van der Waals surface area contributed by atoms with Crippen molar-refractivity contribution in [3.63, 3.8) is 0 Å². The maximum atomic E-state index is 12.4. The minimum absolute atomic E-state index is 0.0121. The van der Waals surface area contributed by atoms with Crippen LogP contribution in [0.2, 0.25) is 10.0 Å². The maximum absolute atomic E-state index is 12.4. The molecule has 1 aromatic carbocycles. The van der Waals surface area contributed by atoms with Gasteiger partial charge in [-0.2, -0.15) is 0 Å². The van der Waals surface area contributed by atoms with Crippen LogP contribution in [0.15, 0.2) is 18.2 Å². The number of hydrogen-bond acceptors (Lipinski definition) is 3. The fraction of sp³-hybridized carbons (Fsp3) is 0.467. The van der Waals surface area contributed by atoms with Gasteiger partial charge in [0.05, 0.1) is 22.5 Å². The lowest BCUT2D eigenvalue weighted by Crippen LogP contribution is -2.43. The van der Waals surface area contributed by atoms with E-state index in [4.69, 9.17) is 40.5 Å². The number of nitrogens with one attached hydrogen (secondary N) is 2. The Morgan fingerprint density at radius 3 is 2.35 bits per heavy atom. The molecule has 0 radical (unpaired) electrons. The standard InChI is InChI=1S/C15H20Cl3N3O2/c1-8(2)5-10(11(7-16)14(19)22)15(23)21-20-13-4-3-9(17)6-12(13)18/h3-4,6,8,10-11,20H,5,7H2,1-2H3,(H2,19,22)(H,21,23). The van der Waals surface area contributed by atoms with Gasteiger partial charge in [-0.05, 0) is 30.5 Å². The molecule has 2 unspecified atom stereocenters. The van der Waals surface area contributed by atoms with Gasteiger partial charge < -0.3 is 5.73 Å². The number of benzene rings is 1. The molecule has 0 aliphatic heterocycles. The Kier molecular flexibility index (Phi) is 7.95. The molecule has 2 atom stereocenters. The highest BCUT2D eigenvalue weighted by molar-refractivity contribution is 6.36. The van der Waals surface area contributed by atoms with Crippen LogP contribution in [0.5, 0.6) is 0 Å². The van der Waals surface area contributed by atoms with E-state index in [9.17, 15) is 9.59 Å². The Hall–Kier alpha value is -1.17. The molecule has 8 heteroatoms. The number of amides is 2. The van der Waals surface area contributed by atoms with Gasteiger partial charge in [0.2, 0.25) is 11.8 Å². The number of hydrazine groups is 1. The maximum Gasteiger partial charge on any atom is 0.242 e. The highest BCUT2D eigenvalue weighted by Gasteiger charge is 2.32. The Balaban J connectivity index is 2.82. The summed E-state index contributed by atoms with van der Waals surface area (Å²) in [5, 5.41) is 0.850. The first kappa shape index (κ1) is 19.9. The molecule has 4 N–H and O–H groups in total. The molecule has 0 saturated carbocycles. The summed E-state index contributed by atoms with van der Waals surface area (Å²) >= 11 is 17.6. The molecule has 23 heavy (non-hydrogen) atoms. The third kappa shape index (κ3) is 6.09. The summed E-state index contributed by atoms with van der Waals surface area (Å²) in [7, 11) is 0. The minimum atomic E-state index is -0.735. The van der Waals surface area contributed by atoms with E-state index in [0.717, 1.165) is 0 Å². The van der Waals surface area contributed by atoms with Crippen molar-refractivity contribution < 1.29 is 9.59 Å². The third-order valence-corrected chi connectivity index (χ3v) is 4.21. The summed E-state index contributed by atoms with van der Waals surface area (Å²) in [6.07, 6.45) is 0.488. The van der Waals surface area contributed by atoms with Crippen LogP contribution in [-0.4, -0.2) is 17.7 Å². The molecule has 5 nitrogen and oxygen atoms in total. The second-order valence-corrected chi connectivity index (χ2v) is 6.79. The van der Waals surface area contributed by atoms with Crippen LogP contribution < -0.4 is 16.6 Å². The zero-order chi connectivity index (χ0) is 17.6. The summed E-state index contributed by atoms with van der Waals surface area (Å²) < 4.78 is 0. The molecule has 1 aromatic rings. The Labute approximate surface area is 150 Å². The van der Waals surface area contributed by atoms with Gasteiger partial charge in [-0.1, -0.05) is 37.0 Å². The number of nitrogens with two attached hydrogens (primary N) is 1. The predicted molar refractivity (Wildman–Crippen MR) is 94.6 cm³/mol. The predicted octanol–water partition coefficient (Wildman–Crippen LogP) is 3.44. The van der Waals surface area contributed by atoms with Crippen molar-refractivity contribution in [1.82, 2.24) is 5.43 Å². The Morgan fingerprint density at radius 1 is 1.22 bits per heavy atom. The average molecular weight is 381 g/mol. The number of rotatable bonds is 8. The van der Waals surface area contributed by atoms with Crippen LogP contribution in [0.1, 0.15) is 20.3 Å². The highest BCUT2D eigenvalue weighted by Crippen LogP contribution is 2.26. The summed E-state index contributed by atoms with van der Waals surface area (Å²) in [5.41, 5.74) is 11.1. The van der Waals surface area contributed by atoms with Gasteiger partial charge in [-0.25, -0.2) is 0 Å². The van der Waals surface area contributed by atoms with Gasteiger partial charge in [0.1, 0.15) is 0 Å². The van der Waals surface area contributed by atoms with Crippen molar-refractivity contribution >= 4 is 52.3 Å². The van der Waals surface area contributed by atoms with E-state index in [1.54, 1.807) is 18.2 Å². The lowest BCUT2D eigenvalue weighted by Gasteiger charge is -2.24. The number of alkyl halides is 1. The first-order valence-electron chi connectivity index (χ1n) is 7.12. The molecule has 0 aromatic heterocycles. The lowest BCUT2D eigenvalue weighted by molar-refractivity contribution is -0.132. The Bertz CT molecular complexity index is 567. The second-order valence-electron chi connectivity index (χ2n) is 5.64. The van der Waals surface area contributed by atoms with Gasteiger partial charge in [-0.3, -0.25) is 20.4 Å². The topological polar surface area (TPSA) is 84.2 Å². The van der Waals surface area contributed by atoms with Crippen LogP contribution in [0, 0.1) is 17.8 Å². The monoisotopic (exact) mass is 379 g/mol. The molecule has 1 rings (SSSR count). The zero-order valence-corrected chi connectivity index (χ0v) is 15.2. The van der Waals surface area contributed by atoms with Crippen molar-refractivity contribution in [3.05, 3.63) is 28.2 Å². The van der Waals surface area contributed by atoms with Crippen LogP contribution in [0.3, 0.4) is 0 Å². The molecule has 0 aliphatic rings. The molecule has 0 saturated heterocycles. The largest absolute Gasteiger partial charge is 0.369 e. The summed E-state index contributed by atoms with van der Waals surface area (Å²) in [4.78, 5) is 24.0. The first-order chi connectivity index (χ1) is 10.8. The molecular formula is C15H20Cl3N3O2. The summed E-state index contributed by atoms with van der Waals surface area (Å²) in [6.45, 7) is 3.91. The molecule has 0 heterocycles. The average Bonchev–Trinajstić information content (AvgIpc) is 2.45. The van der Waals surface area contributed by atoms with E-state index in [-0.39, 0.29) is 17.7 Å². The number of primary amides is 1. The highest BCUT2D eigenvalue weighted by atomic mass is 35.5. The number of carbonyl (C=O) groups excluding carboxylic acids is 2. The quantitative estimate of drug-likeness (QED) is 0.477. The zero-order valence-electron chi connectivity index (χ0n) is 12.9. The van der Waals surface area contributed by atoms with Crippen molar-refractivity contribution in [2.45, 2.75) is 20.3 Å². The SMILES string of the molecule is CC(C)CC(C(=O)NNc1ccc(Cl)cc1Cl)C(CCl)C(N)=O. The molecule has 0 spiro atoms. The number of carbonyl (C=O) groups is 2. The molecule has 0 fully saturated rings. The van der Waals surface area contributed by atoms with E-state index in [2.05, 4.69) is 10.9 Å². The minimum Gasteiger partial charge on any atom is -0.369 e. The normalized spacial score (nSPS) is 13.5. The van der Waals surface area contributed by atoms with E-state index in [1.807, 2.05) is 13.8 Å². The van der Waals surface area contributed by atoms with Crippen LogP contribution >= 0.6 is 34.8 Å². The van der Waals surface area contributed by atoms with Crippen molar-refractivity contribution in [1.29, 1.82) is 0 Å². The van der Waals surface area contributed by atoms with Gasteiger partial charge >= 0.3 is 0 Å². The van der Waals surface area contributed by atoms with Crippen LogP contribution in [-0.2, 0) is 9.59 Å². The van der Waals surface area contributed by atoms with Gasteiger partial charge in [0.15, 0.2) is 0 Å². The van der Waals surface area contributed by atoms with Crippen LogP contribution in [0.4, 0.5) is 5.69 Å². The number of anilines is 1. The fourth-order valence-corrected chi connectivity index (χ4v) is 2.98. The van der Waals surface area contributed by atoms with Crippen molar-refractivity contribution in [2.75, 3.05) is 11.3 Å². The Morgan fingerprint density at radius 2 is 1.87 bits per heavy atom. The lowest BCUT2D eigenvalue weighted by atomic mass is 9.85. The number of halogens is 3. The van der Waals surface area contributed by atoms with Gasteiger partial charge in [0, 0.05) is 10.9 Å². The number of hydrogen-bond donors (Lipinski definition) is 3. The van der Waals surface area contributed by atoms with E-state index < -0.39 is 17.7 Å². The van der Waals surface area contributed by atoms with E-state index in [1.165, 1.54) is 0 Å². The fourth-order valence-electron chi connectivity index (χ4n) is 2.16. The first-order valence-corrected chi connectivity index (χ1v) is 8.41. The van der Waals surface area contributed by atoms with Crippen molar-refractivity contribution in [3.8, 4) is 0 Å². The molecule has 2 amide bonds. The molecular weight excluding hydrogens is 361 g/mol. The van der Waals surface area contributed by atoms with Gasteiger partial charge in [-0.15, -0.1) is 11.6 Å². The summed E-state index contributed by atoms with van der Waals surface area (Å²) in [6, 6.07) is 4.82. The second kappa shape index (κ2) is 9.21. The van der Waals surface area contributed by atoms with Gasteiger partial charge in [0.25, 0.3) is 0 Å². The third-order valence-electron chi connectivity index (χ3n) is 3.33. The summed E-state index contributed by atoms with van der Waals surface area (Å²) in [5.74, 6) is -2.12. The molecule has 0 aliphatic carbocycles. The molecule has 128 valence electrons. The van der Waals surface area contributed by atoms with E-state index >= 15 is 0 Å².